The molecular weight excluding hydrogens is 473 g/mol. The van der Waals surface area contributed by atoms with Crippen molar-refractivity contribution in [3.05, 3.63) is 41.7 Å². The third-order valence-electron chi connectivity index (χ3n) is 3.83. The molecule has 9 nitrogen and oxygen atoms in total. The number of aliphatic imine (C=N–C) groups is 1. The van der Waals surface area contributed by atoms with E-state index in [1.165, 1.54) is 0 Å². The van der Waals surface area contributed by atoms with Gasteiger partial charge in [0, 0.05) is 25.6 Å². The van der Waals surface area contributed by atoms with Gasteiger partial charge in [-0.25, -0.2) is 9.98 Å². The van der Waals surface area contributed by atoms with Gasteiger partial charge in [-0.2, -0.15) is 5.10 Å². The zero-order chi connectivity index (χ0) is 19.1. The molecule has 0 aliphatic heterocycles. The molecule has 0 radical (unpaired) electrons. The molecule has 0 spiro atoms. The van der Waals surface area contributed by atoms with E-state index < -0.39 is 0 Å². The average molecular weight is 499 g/mol. The van der Waals surface area contributed by atoms with E-state index in [4.69, 9.17) is 8.94 Å². The largest absolute Gasteiger partial charge is 0.461 e. The summed E-state index contributed by atoms with van der Waals surface area (Å²) >= 11 is 0. The molecule has 0 fully saturated rings. The number of nitrogens with zero attached hydrogens (tertiary/aromatic N) is 4. The number of H-pyrrole nitrogens is 1. The van der Waals surface area contributed by atoms with E-state index in [1.807, 2.05) is 25.1 Å². The fraction of sp³-hybridized carbons (Fsp3) is 0.444. The van der Waals surface area contributed by atoms with Crippen LogP contribution in [-0.4, -0.2) is 39.4 Å². The monoisotopic (exact) mass is 499 g/mol. The standard InChI is InChI=1S/C18H25N7O2.HI/c1-4-19-18(21-11-13-10-14(12(2)3)25-27-13)20-8-7-16-22-17(24-23-16)15-6-5-9-26-15;/h5-6,9-10,12H,4,7-8,11H2,1-3H3,(H2,19,20,21)(H,22,23,24);1H. The van der Waals surface area contributed by atoms with Crippen LogP contribution >= 0.6 is 24.0 Å². The Morgan fingerprint density at radius 3 is 2.86 bits per heavy atom. The van der Waals surface area contributed by atoms with Crippen LogP contribution < -0.4 is 10.6 Å². The second kappa shape index (κ2) is 10.8. The number of aromatic amines is 1. The highest BCUT2D eigenvalue weighted by Gasteiger charge is 2.09. The van der Waals surface area contributed by atoms with E-state index in [1.54, 1.807) is 6.26 Å². The topological polar surface area (TPSA) is 117 Å². The lowest BCUT2D eigenvalue weighted by Crippen LogP contribution is -2.38. The number of nitrogens with one attached hydrogen (secondary N) is 3. The van der Waals surface area contributed by atoms with E-state index in [2.05, 4.69) is 49.8 Å². The highest BCUT2D eigenvalue weighted by atomic mass is 127. The quantitative estimate of drug-likeness (QED) is 0.248. The Morgan fingerprint density at radius 2 is 2.18 bits per heavy atom. The fourth-order valence-electron chi connectivity index (χ4n) is 2.40. The minimum Gasteiger partial charge on any atom is -0.461 e. The van der Waals surface area contributed by atoms with E-state index in [-0.39, 0.29) is 24.0 Å². The number of hydrogen-bond acceptors (Lipinski definition) is 6. The van der Waals surface area contributed by atoms with Gasteiger partial charge in [0.2, 0.25) is 5.82 Å². The zero-order valence-corrected chi connectivity index (χ0v) is 18.6. The molecule has 0 unspecified atom stereocenters. The van der Waals surface area contributed by atoms with E-state index in [0.29, 0.717) is 43.0 Å². The maximum Gasteiger partial charge on any atom is 0.216 e. The maximum absolute atomic E-state index is 5.32. The Morgan fingerprint density at radius 1 is 1.32 bits per heavy atom. The lowest BCUT2D eigenvalue weighted by Gasteiger charge is -2.09. The normalized spacial score (nSPS) is 11.5. The molecule has 0 aliphatic carbocycles. The van der Waals surface area contributed by atoms with Crippen molar-refractivity contribution in [2.75, 3.05) is 13.1 Å². The van der Waals surface area contributed by atoms with Crippen LogP contribution in [0.1, 0.15) is 44.0 Å². The predicted molar refractivity (Wildman–Crippen MR) is 117 cm³/mol. The van der Waals surface area contributed by atoms with Crippen molar-refractivity contribution >= 4 is 29.9 Å². The minimum atomic E-state index is 0. The molecular formula is C18H26IN7O2. The molecule has 0 bridgehead atoms. The third kappa shape index (κ3) is 6.08. The Labute approximate surface area is 180 Å². The summed E-state index contributed by atoms with van der Waals surface area (Å²) in [6.07, 6.45) is 2.28. The van der Waals surface area contributed by atoms with Crippen molar-refractivity contribution in [2.45, 2.75) is 39.7 Å². The molecule has 0 aliphatic rings. The minimum absolute atomic E-state index is 0. The third-order valence-corrected chi connectivity index (χ3v) is 3.83. The molecule has 3 aromatic rings. The molecule has 0 atom stereocenters. The molecule has 152 valence electrons. The molecule has 0 saturated heterocycles. The van der Waals surface area contributed by atoms with Crippen LogP contribution in [0.15, 0.2) is 38.4 Å². The summed E-state index contributed by atoms with van der Waals surface area (Å²) in [7, 11) is 0. The molecule has 3 N–H and O–H groups in total. The highest BCUT2D eigenvalue weighted by molar-refractivity contribution is 14.0. The summed E-state index contributed by atoms with van der Waals surface area (Å²) in [5.41, 5.74) is 0.941. The predicted octanol–water partition coefficient (Wildman–Crippen LogP) is 3.09. The molecule has 3 rings (SSSR count). The van der Waals surface area contributed by atoms with Crippen molar-refractivity contribution in [3.63, 3.8) is 0 Å². The number of halogens is 1. The van der Waals surface area contributed by atoms with Crippen LogP contribution in [0.2, 0.25) is 0 Å². The lowest BCUT2D eigenvalue weighted by molar-refractivity contribution is 0.376. The van der Waals surface area contributed by atoms with Gasteiger partial charge in [-0.3, -0.25) is 5.10 Å². The number of rotatable bonds is 8. The van der Waals surface area contributed by atoms with Crippen LogP contribution in [0.4, 0.5) is 0 Å². The number of hydrogen-bond donors (Lipinski definition) is 3. The SMILES string of the molecule is CCNC(=NCc1cc(C(C)C)no1)NCCc1nc(-c2ccco2)n[nH]1.I. The molecule has 0 amide bonds. The second-order valence-corrected chi connectivity index (χ2v) is 6.33. The summed E-state index contributed by atoms with van der Waals surface area (Å²) in [6, 6.07) is 5.59. The number of aromatic nitrogens is 4. The Balaban J connectivity index is 0.00000280. The first-order valence-electron chi connectivity index (χ1n) is 9.08. The van der Waals surface area contributed by atoms with Crippen molar-refractivity contribution in [3.8, 4) is 11.6 Å². The first-order chi connectivity index (χ1) is 13.2. The van der Waals surface area contributed by atoms with Crippen molar-refractivity contribution in [1.29, 1.82) is 0 Å². The van der Waals surface area contributed by atoms with Gasteiger partial charge < -0.3 is 19.6 Å². The van der Waals surface area contributed by atoms with Crippen molar-refractivity contribution in [1.82, 2.24) is 31.0 Å². The first-order valence-corrected chi connectivity index (χ1v) is 9.08. The number of guanidine groups is 1. The van der Waals surface area contributed by atoms with Gasteiger partial charge in [0.1, 0.15) is 12.4 Å². The van der Waals surface area contributed by atoms with Gasteiger partial charge >= 0.3 is 0 Å². The first kappa shape index (κ1) is 21.9. The van der Waals surface area contributed by atoms with Gasteiger partial charge in [-0.1, -0.05) is 19.0 Å². The average Bonchev–Trinajstić information content (AvgIpc) is 3.39. The van der Waals surface area contributed by atoms with E-state index in [9.17, 15) is 0 Å². The summed E-state index contributed by atoms with van der Waals surface area (Å²) in [5.74, 6) is 3.78. The fourth-order valence-corrected chi connectivity index (χ4v) is 2.40. The van der Waals surface area contributed by atoms with Crippen LogP contribution in [0.25, 0.3) is 11.6 Å². The highest BCUT2D eigenvalue weighted by Crippen LogP contribution is 2.15. The summed E-state index contributed by atoms with van der Waals surface area (Å²) in [5, 5.41) is 17.6. The molecule has 0 saturated carbocycles. The van der Waals surface area contributed by atoms with Crippen LogP contribution in [-0.2, 0) is 13.0 Å². The van der Waals surface area contributed by atoms with Gasteiger partial charge in [0.15, 0.2) is 17.5 Å². The van der Waals surface area contributed by atoms with Gasteiger partial charge in [-0.05, 0) is 25.0 Å². The molecule has 3 heterocycles. The van der Waals surface area contributed by atoms with Crippen LogP contribution in [0.3, 0.4) is 0 Å². The lowest BCUT2D eigenvalue weighted by atomic mass is 10.1. The Hall–Kier alpha value is -2.37. The van der Waals surface area contributed by atoms with Gasteiger partial charge in [-0.15, -0.1) is 24.0 Å². The summed E-state index contributed by atoms with van der Waals surface area (Å²) < 4.78 is 10.6. The van der Waals surface area contributed by atoms with Crippen molar-refractivity contribution < 1.29 is 8.94 Å². The van der Waals surface area contributed by atoms with Crippen LogP contribution in [0.5, 0.6) is 0 Å². The summed E-state index contributed by atoms with van der Waals surface area (Å²) in [6.45, 7) is 8.04. The molecule has 3 aromatic heterocycles. The van der Waals surface area contributed by atoms with Gasteiger partial charge in [0.25, 0.3) is 0 Å². The van der Waals surface area contributed by atoms with Gasteiger partial charge in [0.05, 0.1) is 12.0 Å². The zero-order valence-electron chi connectivity index (χ0n) is 16.2. The molecule has 28 heavy (non-hydrogen) atoms. The molecule has 0 aromatic carbocycles. The second-order valence-electron chi connectivity index (χ2n) is 6.33. The van der Waals surface area contributed by atoms with Crippen LogP contribution in [0, 0.1) is 0 Å². The number of furan rings is 1. The van der Waals surface area contributed by atoms with E-state index >= 15 is 0 Å². The summed E-state index contributed by atoms with van der Waals surface area (Å²) in [4.78, 5) is 8.96. The molecule has 10 heteroatoms. The smallest absolute Gasteiger partial charge is 0.216 e. The van der Waals surface area contributed by atoms with Crippen molar-refractivity contribution in [2.24, 2.45) is 4.99 Å². The Kier molecular flexibility index (Phi) is 8.48. The Bertz CT molecular complexity index is 855. The maximum atomic E-state index is 5.32. The van der Waals surface area contributed by atoms with E-state index in [0.717, 1.165) is 23.8 Å².